The second-order valence-electron chi connectivity index (χ2n) is 4.65. The summed E-state index contributed by atoms with van der Waals surface area (Å²) in [6.07, 6.45) is 0. The standard InChI is InChI=1S/C16H16BrClN2O/c1-11(12-6-2-3-7-13(12)17)19-10-16(21)20-15-9-5-4-8-14(15)18/h2-9,11,19H,10H2,1H3,(H,20,21)/t11-/m1/s1. The van der Waals surface area contributed by atoms with E-state index < -0.39 is 0 Å². The zero-order chi connectivity index (χ0) is 15.2. The van der Waals surface area contributed by atoms with Crippen LogP contribution in [0.4, 0.5) is 5.69 Å². The maximum absolute atomic E-state index is 11.9. The van der Waals surface area contributed by atoms with Gasteiger partial charge in [0.15, 0.2) is 0 Å². The molecule has 0 saturated carbocycles. The Morgan fingerprint density at radius 1 is 1.19 bits per heavy atom. The molecular weight excluding hydrogens is 352 g/mol. The SMILES string of the molecule is C[C@@H](NCC(=O)Nc1ccccc1Cl)c1ccccc1Br. The molecule has 0 spiro atoms. The molecule has 0 radical (unpaired) electrons. The van der Waals surface area contributed by atoms with E-state index in [9.17, 15) is 4.79 Å². The molecule has 0 heterocycles. The molecule has 0 aromatic heterocycles. The third-order valence-corrected chi connectivity index (χ3v) is 4.14. The van der Waals surface area contributed by atoms with Crippen LogP contribution < -0.4 is 10.6 Å². The highest BCUT2D eigenvalue weighted by Gasteiger charge is 2.11. The van der Waals surface area contributed by atoms with Crippen molar-refractivity contribution in [1.82, 2.24) is 5.32 Å². The number of carbonyl (C=O) groups is 1. The molecule has 0 saturated heterocycles. The molecule has 3 nitrogen and oxygen atoms in total. The summed E-state index contributed by atoms with van der Waals surface area (Å²) in [5, 5.41) is 6.51. The van der Waals surface area contributed by atoms with E-state index in [1.807, 2.05) is 43.3 Å². The first-order chi connectivity index (χ1) is 10.1. The topological polar surface area (TPSA) is 41.1 Å². The van der Waals surface area contributed by atoms with Crippen LogP contribution in [0.5, 0.6) is 0 Å². The minimum atomic E-state index is -0.123. The minimum absolute atomic E-state index is 0.0672. The van der Waals surface area contributed by atoms with Gasteiger partial charge >= 0.3 is 0 Å². The molecule has 0 aliphatic heterocycles. The van der Waals surface area contributed by atoms with Crippen LogP contribution in [0.3, 0.4) is 0 Å². The van der Waals surface area contributed by atoms with Crippen LogP contribution in [-0.4, -0.2) is 12.5 Å². The maximum atomic E-state index is 11.9. The van der Waals surface area contributed by atoms with Gasteiger partial charge in [0.05, 0.1) is 17.3 Å². The molecule has 2 aromatic carbocycles. The first-order valence-corrected chi connectivity index (χ1v) is 7.77. The summed E-state index contributed by atoms with van der Waals surface area (Å²) in [4.78, 5) is 11.9. The molecule has 2 aromatic rings. The van der Waals surface area contributed by atoms with Crippen molar-refractivity contribution >= 4 is 39.1 Å². The van der Waals surface area contributed by atoms with Crippen LogP contribution in [0.2, 0.25) is 5.02 Å². The van der Waals surface area contributed by atoms with Crippen LogP contribution >= 0.6 is 27.5 Å². The Bertz CT molecular complexity index is 633. The lowest BCUT2D eigenvalue weighted by molar-refractivity contribution is -0.115. The third kappa shape index (κ3) is 4.56. The van der Waals surface area contributed by atoms with E-state index in [0.717, 1.165) is 10.0 Å². The Morgan fingerprint density at radius 3 is 2.57 bits per heavy atom. The zero-order valence-corrected chi connectivity index (χ0v) is 13.9. The predicted octanol–water partition coefficient (Wildman–Crippen LogP) is 4.39. The Hall–Kier alpha value is -1.36. The lowest BCUT2D eigenvalue weighted by Gasteiger charge is -2.15. The normalized spacial score (nSPS) is 12.0. The van der Waals surface area contributed by atoms with Gasteiger partial charge in [0.1, 0.15) is 0 Å². The third-order valence-electron chi connectivity index (χ3n) is 3.09. The maximum Gasteiger partial charge on any atom is 0.238 e. The van der Waals surface area contributed by atoms with Crippen molar-refractivity contribution in [3.8, 4) is 0 Å². The molecule has 0 fully saturated rings. The summed E-state index contributed by atoms with van der Waals surface area (Å²) in [6.45, 7) is 2.23. The van der Waals surface area contributed by atoms with Gasteiger partial charge in [0, 0.05) is 10.5 Å². The van der Waals surface area contributed by atoms with Crippen molar-refractivity contribution in [3.05, 3.63) is 63.6 Å². The van der Waals surface area contributed by atoms with Gasteiger partial charge < -0.3 is 10.6 Å². The molecule has 1 amide bonds. The van der Waals surface area contributed by atoms with Crippen molar-refractivity contribution < 1.29 is 4.79 Å². The number of hydrogen-bond acceptors (Lipinski definition) is 2. The predicted molar refractivity (Wildman–Crippen MR) is 90.6 cm³/mol. The van der Waals surface area contributed by atoms with Crippen LogP contribution in [0.25, 0.3) is 0 Å². The van der Waals surface area contributed by atoms with Gasteiger partial charge in [0.25, 0.3) is 0 Å². The summed E-state index contributed by atoms with van der Waals surface area (Å²) in [6, 6.07) is 15.2. The van der Waals surface area contributed by atoms with Crippen LogP contribution in [-0.2, 0) is 4.79 Å². The first kappa shape index (κ1) is 16.0. The van der Waals surface area contributed by atoms with Crippen molar-refractivity contribution in [3.63, 3.8) is 0 Å². The number of para-hydroxylation sites is 1. The summed E-state index contributed by atoms with van der Waals surface area (Å²) in [5.41, 5.74) is 1.74. The Kier molecular flexibility index (Phi) is 5.79. The fourth-order valence-corrected chi connectivity index (χ4v) is 2.75. The number of anilines is 1. The summed E-state index contributed by atoms with van der Waals surface area (Å²) in [7, 11) is 0. The van der Waals surface area contributed by atoms with Crippen LogP contribution in [0, 0.1) is 0 Å². The van der Waals surface area contributed by atoms with Crippen molar-refractivity contribution in [2.24, 2.45) is 0 Å². The Balaban J connectivity index is 1.90. The monoisotopic (exact) mass is 366 g/mol. The highest BCUT2D eigenvalue weighted by molar-refractivity contribution is 9.10. The van der Waals surface area contributed by atoms with Gasteiger partial charge in [-0.1, -0.05) is 57.9 Å². The van der Waals surface area contributed by atoms with E-state index in [2.05, 4.69) is 26.6 Å². The Morgan fingerprint density at radius 2 is 1.86 bits per heavy atom. The minimum Gasteiger partial charge on any atom is -0.324 e. The quantitative estimate of drug-likeness (QED) is 0.823. The molecule has 0 unspecified atom stereocenters. The molecule has 2 rings (SSSR count). The number of carbonyl (C=O) groups excluding carboxylic acids is 1. The van der Waals surface area contributed by atoms with Crippen LogP contribution in [0.1, 0.15) is 18.5 Å². The molecule has 0 bridgehead atoms. The fourth-order valence-electron chi connectivity index (χ4n) is 1.94. The van der Waals surface area contributed by atoms with E-state index in [-0.39, 0.29) is 18.5 Å². The van der Waals surface area contributed by atoms with Gasteiger partial charge in [-0.15, -0.1) is 0 Å². The molecular formula is C16H16BrClN2O. The summed E-state index contributed by atoms with van der Waals surface area (Å²) >= 11 is 9.52. The number of halogens is 2. The second-order valence-corrected chi connectivity index (χ2v) is 5.91. The largest absolute Gasteiger partial charge is 0.324 e. The number of amides is 1. The smallest absolute Gasteiger partial charge is 0.238 e. The molecule has 0 aliphatic rings. The van der Waals surface area contributed by atoms with E-state index in [1.165, 1.54) is 0 Å². The molecule has 5 heteroatoms. The van der Waals surface area contributed by atoms with Gasteiger partial charge in [-0.2, -0.15) is 0 Å². The molecule has 0 aliphatic carbocycles. The highest BCUT2D eigenvalue weighted by Crippen LogP contribution is 2.23. The molecule has 110 valence electrons. The molecule has 2 N–H and O–H groups in total. The van der Waals surface area contributed by atoms with Gasteiger partial charge in [0.2, 0.25) is 5.91 Å². The van der Waals surface area contributed by atoms with Gasteiger partial charge in [-0.3, -0.25) is 4.79 Å². The fraction of sp³-hybridized carbons (Fsp3) is 0.188. The molecule has 21 heavy (non-hydrogen) atoms. The zero-order valence-electron chi connectivity index (χ0n) is 11.6. The van der Waals surface area contributed by atoms with Gasteiger partial charge in [-0.25, -0.2) is 0 Å². The highest BCUT2D eigenvalue weighted by atomic mass is 79.9. The average molecular weight is 368 g/mol. The Labute approximate surface area is 137 Å². The first-order valence-electron chi connectivity index (χ1n) is 6.60. The lowest BCUT2D eigenvalue weighted by Crippen LogP contribution is -2.30. The average Bonchev–Trinajstić information content (AvgIpc) is 2.48. The van der Waals surface area contributed by atoms with Crippen LogP contribution in [0.15, 0.2) is 53.0 Å². The summed E-state index contributed by atoms with van der Waals surface area (Å²) in [5.74, 6) is -0.123. The number of rotatable bonds is 5. The van der Waals surface area contributed by atoms with E-state index >= 15 is 0 Å². The lowest BCUT2D eigenvalue weighted by atomic mass is 10.1. The van der Waals surface area contributed by atoms with E-state index in [0.29, 0.717) is 10.7 Å². The van der Waals surface area contributed by atoms with Crippen molar-refractivity contribution in [2.45, 2.75) is 13.0 Å². The van der Waals surface area contributed by atoms with E-state index in [4.69, 9.17) is 11.6 Å². The van der Waals surface area contributed by atoms with Crippen molar-refractivity contribution in [2.75, 3.05) is 11.9 Å². The number of benzene rings is 2. The number of nitrogens with one attached hydrogen (secondary N) is 2. The number of hydrogen-bond donors (Lipinski definition) is 2. The second kappa shape index (κ2) is 7.59. The van der Waals surface area contributed by atoms with Crippen molar-refractivity contribution in [1.29, 1.82) is 0 Å². The molecule has 1 atom stereocenters. The summed E-state index contributed by atoms with van der Waals surface area (Å²) < 4.78 is 1.02. The van der Waals surface area contributed by atoms with Gasteiger partial charge in [-0.05, 0) is 30.7 Å². The van der Waals surface area contributed by atoms with E-state index in [1.54, 1.807) is 12.1 Å².